The predicted octanol–water partition coefficient (Wildman–Crippen LogP) is 7.24. The van der Waals surface area contributed by atoms with Crippen LogP contribution in [0.2, 0.25) is 0 Å². The third-order valence-electron chi connectivity index (χ3n) is 11.6. The molecule has 2 aliphatic rings. The molecule has 10 heteroatoms. The minimum Gasteiger partial charge on any atom is -0.633 e. The van der Waals surface area contributed by atoms with Crippen LogP contribution in [0.5, 0.6) is 0 Å². The van der Waals surface area contributed by atoms with Crippen molar-refractivity contribution in [3.05, 3.63) is 10.4 Å². The second-order valence-corrected chi connectivity index (χ2v) is 18.4. The first kappa shape index (κ1) is 40.6. The molecule has 2 saturated heterocycles. The SMILES string of the molecule is CC1(C)N([O])C(CCCCCCCCCCSSCCCCCCCCCCC2N([O])C(C)(C)C(C)(C)[NH+]2[O-])[NH+]([O-])C1(C)C. The van der Waals surface area contributed by atoms with E-state index >= 15 is 0 Å². The van der Waals surface area contributed by atoms with Crippen molar-refractivity contribution in [1.29, 1.82) is 0 Å². The van der Waals surface area contributed by atoms with Gasteiger partial charge >= 0.3 is 0 Å². The second-order valence-electron chi connectivity index (χ2n) is 15.7. The van der Waals surface area contributed by atoms with E-state index in [2.05, 4.69) is 0 Å². The van der Waals surface area contributed by atoms with E-state index in [0.29, 0.717) is 12.8 Å². The van der Waals surface area contributed by atoms with E-state index in [-0.39, 0.29) is 10.1 Å². The van der Waals surface area contributed by atoms with Crippen molar-refractivity contribution in [3.8, 4) is 0 Å². The highest BCUT2D eigenvalue weighted by molar-refractivity contribution is 8.76. The Morgan fingerprint density at radius 3 is 0.977 bits per heavy atom. The number of unbranched alkanes of at least 4 members (excludes halogenated alkanes) is 14. The molecule has 0 amide bonds. The summed E-state index contributed by atoms with van der Waals surface area (Å²) in [6.07, 6.45) is 20.1. The Morgan fingerprint density at radius 1 is 0.477 bits per heavy atom. The summed E-state index contributed by atoms with van der Waals surface area (Å²) in [4.78, 5) is 0. The molecule has 2 aliphatic heterocycles. The van der Waals surface area contributed by atoms with E-state index < -0.39 is 34.5 Å². The second kappa shape index (κ2) is 18.8. The highest BCUT2D eigenvalue weighted by Gasteiger charge is 2.60. The number of nitrogens with one attached hydrogen (secondary N) is 2. The van der Waals surface area contributed by atoms with E-state index in [1.165, 1.54) is 88.6 Å². The first-order chi connectivity index (χ1) is 20.6. The van der Waals surface area contributed by atoms with Crippen LogP contribution in [0.3, 0.4) is 0 Å². The van der Waals surface area contributed by atoms with Gasteiger partial charge in [0.05, 0.1) is 0 Å². The summed E-state index contributed by atoms with van der Waals surface area (Å²) in [5.74, 6) is 2.51. The van der Waals surface area contributed by atoms with Crippen molar-refractivity contribution >= 4 is 21.6 Å². The number of rotatable bonds is 23. The van der Waals surface area contributed by atoms with E-state index in [1.807, 2.05) is 77.0 Å². The number of hydrogen-bond donors (Lipinski definition) is 2. The molecule has 44 heavy (non-hydrogen) atoms. The molecule has 0 saturated carbocycles. The average Bonchev–Trinajstić information content (AvgIpc) is 3.15. The Hall–Kier alpha value is 0.380. The van der Waals surface area contributed by atoms with Crippen LogP contribution in [0, 0.1) is 10.4 Å². The summed E-state index contributed by atoms with van der Waals surface area (Å²) in [5, 5.41) is 53.1. The molecule has 0 spiro atoms. The van der Waals surface area contributed by atoms with Crippen molar-refractivity contribution < 1.29 is 20.5 Å². The normalized spacial score (nSPS) is 27.8. The fourth-order valence-corrected chi connectivity index (χ4v) is 9.01. The molecular formula is C34H68N4O4S2. The minimum absolute atomic E-state index is 0.121. The summed E-state index contributed by atoms with van der Waals surface area (Å²) >= 11 is 0. The van der Waals surface area contributed by atoms with Crippen LogP contribution in [0.15, 0.2) is 0 Å². The van der Waals surface area contributed by atoms with Crippen LogP contribution < -0.4 is 10.1 Å². The molecule has 2 fully saturated rings. The maximum atomic E-state index is 12.7. The third kappa shape index (κ3) is 10.4. The zero-order valence-corrected chi connectivity index (χ0v) is 31.3. The van der Waals surface area contributed by atoms with Gasteiger partial charge in [0, 0.05) is 24.3 Å². The predicted molar refractivity (Wildman–Crippen MR) is 186 cm³/mol. The van der Waals surface area contributed by atoms with Crippen LogP contribution in [0.25, 0.3) is 0 Å². The summed E-state index contributed by atoms with van der Waals surface area (Å²) in [6, 6.07) is 0. The summed E-state index contributed by atoms with van der Waals surface area (Å²) in [6.45, 7) is 15.3. The van der Waals surface area contributed by atoms with Gasteiger partial charge in [0.1, 0.15) is 22.2 Å². The lowest BCUT2D eigenvalue weighted by atomic mass is 9.84. The monoisotopic (exact) mass is 660 g/mol. The van der Waals surface area contributed by atoms with Crippen LogP contribution in [0.1, 0.15) is 171 Å². The van der Waals surface area contributed by atoms with E-state index in [4.69, 9.17) is 0 Å². The van der Waals surface area contributed by atoms with Crippen LogP contribution in [0.4, 0.5) is 0 Å². The zero-order valence-electron chi connectivity index (χ0n) is 29.6. The van der Waals surface area contributed by atoms with Gasteiger partial charge in [-0.3, -0.25) is 0 Å². The van der Waals surface area contributed by atoms with Crippen LogP contribution in [-0.2, 0) is 10.4 Å². The molecule has 2 N–H and O–H groups in total. The van der Waals surface area contributed by atoms with E-state index in [1.54, 1.807) is 0 Å². The van der Waals surface area contributed by atoms with Gasteiger partial charge in [-0.2, -0.15) is 0 Å². The molecule has 0 aromatic carbocycles. The first-order valence-electron chi connectivity index (χ1n) is 17.9. The fraction of sp³-hybridized carbons (Fsp3) is 1.00. The average molecular weight is 661 g/mol. The highest BCUT2D eigenvalue weighted by Crippen LogP contribution is 2.33. The number of hydrogen-bond acceptors (Lipinski definition) is 6. The van der Waals surface area contributed by atoms with Gasteiger partial charge in [0.25, 0.3) is 0 Å². The zero-order chi connectivity index (χ0) is 33.0. The molecule has 260 valence electrons. The van der Waals surface area contributed by atoms with Gasteiger partial charge in [-0.05, 0) is 81.1 Å². The maximum Gasteiger partial charge on any atom is 0.170 e. The lowest BCUT2D eigenvalue weighted by Gasteiger charge is -2.39. The Bertz CT molecular complexity index is 697. The Kier molecular flexibility index (Phi) is 17.3. The largest absolute Gasteiger partial charge is 0.633 e. The smallest absolute Gasteiger partial charge is 0.170 e. The molecule has 2 rings (SSSR count). The first-order valence-corrected chi connectivity index (χ1v) is 20.4. The van der Waals surface area contributed by atoms with E-state index in [0.717, 1.165) is 35.8 Å². The number of hydroxylamine groups is 8. The molecule has 4 unspecified atom stereocenters. The number of quaternary nitrogens is 2. The Balaban J connectivity index is 1.30. The molecule has 0 aromatic heterocycles. The molecule has 4 atom stereocenters. The molecule has 0 aliphatic carbocycles. The lowest BCUT2D eigenvalue weighted by Crippen LogP contribution is -3.17. The summed E-state index contributed by atoms with van der Waals surface area (Å²) < 4.78 is 0. The van der Waals surface area contributed by atoms with Crippen molar-refractivity contribution in [3.63, 3.8) is 0 Å². The van der Waals surface area contributed by atoms with Gasteiger partial charge in [-0.15, -0.1) is 10.4 Å². The molecule has 0 bridgehead atoms. The Morgan fingerprint density at radius 2 is 0.727 bits per heavy atom. The van der Waals surface area contributed by atoms with Gasteiger partial charge < -0.3 is 20.5 Å². The topological polar surface area (TPSA) is 101 Å². The molecule has 2 heterocycles. The van der Waals surface area contributed by atoms with Gasteiger partial charge in [0.2, 0.25) is 0 Å². The van der Waals surface area contributed by atoms with Crippen molar-refractivity contribution in [2.24, 2.45) is 0 Å². The van der Waals surface area contributed by atoms with Crippen molar-refractivity contribution in [2.75, 3.05) is 11.5 Å². The Labute approximate surface area is 278 Å². The molecular weight excluding hydrogens is 593 g/mol. The van der Waals surface area contributed by atoms with Gasteiger partial charge in [-0.1, -0.05) is 109 Å². The quantitative estimate of drug-likeness (QED) is 0.0681. The van der Waals surface area contributed by atoms with Crippen LogP contribution >= 0.6 is 21.6 Å². The van der Waals surface area contributed by atoms with Crippen LogP contribution in [-0.4, -0.2) is 56.1 Å². The lowest BCUT2D eigenvalue weighted by molar-refractivity contribution is -0.920. The molecule has 8 nitrogen and oxygen atoms in total. The van der Waals surface area contributed by atoms with Gasteiger partial charge in [0.15, 0.2) is 12.3 Å². The summed E-state index contributed by atoms with van der Waals surface area (Å²) in [7, 11) is 4.08. The van der Waals surface area contributed by atoms with Gasteiger partial charge in [-0.25, -0.2) is 0 Å². The maximum absolute atomic E-state index is 12.7. The third-order valence-corrected chi connectivity index (χ3v) is 14.1. The van der Waals surface area contributed by atoms with Crippen molar-refractivity contribution in [2.45, 2.75) is 205 Å². The molecule has 0 aromatic rings. The van der Waals surface area contributed by atoms with Crippen molar-refractivity contribution in [1.82, 2.24) is 10.1 Å². The fourth-order valence-electron chi connectivity index (χ4n) is 6.71. The standard InChI is InChI=1S/C34H68N4O4S2/c1-31(2)32(3,4)36(40)29(35(31)39)25-21-17-13-9-11-15-19-23-27-43-44-28-24-20-16-12-10-14-18-22-26-30-37(41)33(5,6)34(7,8)38(30)42/h29-30,35,37H,9-28H2,1-8H3. The molecule has 2 radical (unpaired) electrons. The number of nitrogens with zero attached hydrogens (tertiary/aromatic N) is 2. The minimum atomic E-state index is -0.617. The summed E-state index contributed by atoms with van der Waals surface area (Å²) in [5.41, 5.74) is -2.38. The highest BCUT2D eigenvalue weighted by atomic mass is 33.1. The van der Waals surface area contributed by atoms with E-state index in [9.17, 15) is 20.8 Å².